The molecule has 2 rings (SSSR count). The first-order valence-electron chi connectivity index (χ1n) is 4.26. The van der Waals surface area contributed by atoms with Gasteiger partial charge < -0.3 is 9.52 Å². The summed E-state index contributed by atoms with van der Waals surface area (Å²) < 4.78 is 4.84. The summed E-state index contributed by atoms with van der Waals surface area (Å²) >= 11 is 0. The van der Waals surface area contributed by atoms with E-state index in [0.717, 1.165) is 0 Å². The second kappa shape index (κ2) is 5.20. The van der Waals surface area contributed by atoms with Crippen molar-refractivity contribution >= 4 is 10.9 Å². The molecule has 0 fully saturated rings. The van der Waals surface area contributed by atoms with Crippen molar-refractivity contribution in [1.29, 1.82) is 0 Å². The Bertz CT molecular complexity index is 521. The minimum Gasteiger partial charge on any atom is -0.405 e. The Labute approximate surface area is 122 Å². The third-order valence-electron chi connectivity index (χ3n) is 1.91. The van der Waals surface area contributed by atoms with Crippen LogP contribution in [0.4, 0.5) is 0 Å². The van der Waals surface area contributed by atoms with E-state index in [2.05, 4.69) is 4.98 Å². The molecule has 2 aromatic rings. The number of nitrogens with zero attached hydrogens (tertiary/aromatic N) is 1. The number of hydrogen-bond acceptors (Lipinski definition) is 4. The van der Waals surface area contributed by atoms with Crippen LogP contribution in [0.2, 0.25) is 0 Å². The third-order valence-corrected chi connectivity index (χ3v) is 1.91. The molecule has 15 heavy (non-hydrogen) atoms. The molecule has 1 N–H and O–H groups in total. The van der Waals surface area contributed by atoms with E-state index in [1.54, 1.807) is 24.3 Å². The van der Waals surface area contributed by atoms with Crippen LogP contribution < -0.4 is 5.63 Å². The Balaban J connectivity index is 0.00000112. The molecular formula is C10H9AcNO3. The molecule has 1 atom stereocenters. The Kier molecular flexibility index (Phi) is 4.45. The third kappa shape index (κ3) is 2.66. The molecule has 5 heteroatoms. The Hall–Kier alpha value is -0.238. The SMILES string of the molecule is C[C@H](O)c1nc2ccccc2c(=O)o1.[Ac]. The smallest absolute Gasteiger partial charge is 0.346 e. The van der Waals surface area contributed by atoms with Gasteiger partial charge >= 0.3 is 5.63 Å². The number of para-hydroxylation sites is 1. The van der Waals surface area contributed by atoms with Crippen molar-refractivity contribution in [2.45, 2.75) is 13.0 Å². The van der Waals surface area contributed by atoms with Gasteiger partial charge in [0.15, 0.2) is 0 Å². The summed E-state index contributed by atoms with van der Waals surface area (Å²) in [6.45, 7) is 1.50. The molecule has 0 unspecified atom stereocenters. The average Bonchev–Trinajstić information content (AvgIpc) is 2.17. The van der Waals surface area contributed by atoms with Gasteiger partial charge in [-0.05, 0) is 19.1 Å². The summed E-state index contributed by atoms with van der Waals surface area (Å²) in [7, 11) is 0. The Morgan fingerprint density at radius 1 is 1.40 bits per heavy atom. The van der Waals surface area contributed by atoms with Gasteiger partial charge in [0.2, 0.25) is 5.89 Å². The van der Waals surface area contributed by atoms with E-state index in [-0.39, 0.29) is 50.0 Å². The van der Waals surface area contributed by atoms with Crippen molar-refractivity contribution in [3.8, 4) is 0 Å². The monoisotopic (exact) mass is 418 g/mol. The van der Waals surface area contributed by atoms with Crippen LogP contribution in [0.5, 0.6) is 0 Å². The maximum atomic E-state index is 11.4. The van der Waals surface area contributed by atoms with Crippen molar-refractivity contribution in [1.82, 2.24) is 4.98 Å². The zero-order chi connectivity index (χ0) is 10.1. The zero-order valence-electron chi connectivity index (χ0n) is 8.18. The number of fused-ring (bicyclic) bond motifs is 1. The van der Waals surface area contributed by atoms with Crippen LogP contribution in [0, 0.1) is 44.1 Å². The fourth-order valence-electron chi connectivity index (χ4n) is 1.21. The van der Waals surface area contributed by atoms with Crippen LogP contribution in [0.15, 0.2) is 33.5 Å². The van der Waals surface area contributed by atoms with Gasteiger partial charge in [-0.25, -0.2) is 9.78 Å². The number of aliphatic hydroxyl groups is 1. The second-order valence-corrected chi connectivity index (χ2v) is 3.03. The predicted molar refractivity (Wildman–Crippen MR) is 50.9 cm³/mol. The van der Waals surface area contributed by atoms with Gasteiger partial charge in [-0.2, -0.15) is 0 Å². The van der Waals surface area contributed by atoms with Crippen molar-refractivity contribution in [3.63, 3.8) is 0 Å². The fourth-order valence-corrected chi connectivity index (χ4v) is 1.21. The van der Waals surface area contributed by atoms with Crippen LogP contribution >= 0.6 is 0 Å². The van der Waals surface area contributed by atoms with Gasteiger partial charge in [-0.1, -0.05) is 12.1 Å². The van der Waals surface area contributed by atoms with E-state index in [9.17, 15) is 9.90 Å². The molecule has 1 aromatic heterocycles. The van der Waals surface area contributed by atoms with Crippen LogP contribution in [0.1, 0.15) is 18.9 Å². The zero-order valence-corrected chi connectivity index (χ0v) is 12.9. The minimum atomic E-state index is -0.868. The van der Waals surface area contributed by atoms with E-state index in [1.165, 1.54) is 6.92 Å². The second-order valence-electron chi connectivity index (χ2n) is 3.03. The van der Waals surface area contributed by atoms with Crippen molar-refractivity contribution in [2.75, 3.05) is 0 Å². The molecule has 0 spiro atoms. The average molecular weight is 418 g/mol. The number of aromatic nitrogens is 1. The first-order valence-corrected chi connectivity index (χ1v) is 4.26. The number of rotatable bonds is 1. The number of hydrogen-bond donors (Lipinski definition) is 1. The van der Waals surface area contributed by atoms with Gasteiger partial charge in [-0.3, -0.25) is 0 Å². The summed E-state index contributed by atoms with van der Waals surface area (Å²) in [6.07, 6.45) is -0.868. The predicted octanol–water partition coefficient (Wildman–Crippen LogP) is 1.24. The van der Waals surface area contributed by atoms with E-state index >= 15 is 0 Å². The topological polar surface area (TPSA) is 63.3 Å². The molecule has 0 aliphatic carbocycles. The first-order chi connectivity index (χ1) is 6.68. The molecule has 0 amide bonds. The number of aliphatic hydroxyl groups excluding tert-OH is 1. The van der Waals surface area contributed by atoms with Crippen LogP contribution in [0.25, 0.3) is 10.9 Å². The molecule has 0 saturated carbocycles. The van der Waals surface area contributed by atoms with Crippen LogP contribution in [-0.4, -0.2) is 10.1 Å². The molecule has 1 radical (unpaired) electrons. The molecule has 1 aromatic carbocycles. The van der Waals surface area contributed by atoms with E-state index in [1.807, 2.05) is 0 Å². The summed E-state index contributed by atoms with van der Waals surface area (Å²) in [6, 6.07) is 6.86. The standard InChI is InChI=1S/C10H9NO3.Ac/c1-6(12)9-11-8-5-3-2-4-7(8)10(13)14-9;/h2-6,12H,1H3;/t6-;/m0./s1. The van der Waals surface area contributed by atoms with Crippen molar-refractivity contribution in [3.05, 3.63) is 40.6 Å². The minimum absolute atomic E-state index is 0. The van der Waals surface area contributed by atoms with Crippen LogP contribution in [-0.2, 0) is 0 Å². The number of benzene rings is 1. The molecule has 0 bridgehead atoms. The largest absolute Gasteiger partial charge is 0.405 e. The maximum Gasteiger partial charge on any atom is 0.346 e. The van der Waals surface area contributed by atoms with Gasteiger partial charge in [0, 0.05) is 44.1 Å². The quantitative estimate of drug-likeness (QED) is 0.758. The van der Waals surface area contributed by atoms with E-state index in [0.29, 0.717) is 10.9 Å². The molecule has 75 valence electrons. The van der Waals surface area contributed by atoms with Crippen LogP contribution in [0.3, 0.4) is 0 Å². The van der Waals surface area contributed by atoms with E-state index in [4.69, 9.17) is 4.42 Å². The van der Waals surface area contributed by atoms with Crippen molar-refractivity contribution in [2.24, 2.45) is 0 Å². The molecule has 4 nitrogen and oxygen atoms in total. The normalized spacial score (nSPS) is 12.1. The Morgan fingerprint density at radius 3 is 2.73 bits per heavy atom. The van der Waals surface area contributed by atoms with Gasteiger partial charge in [0.25, 0.3) is 0 Å². The van der Waals surface area contributed by atoms with Gasteiger partial charge in [-0.15, -0.1) is 0 Å². The first kappa shape index (κ1) is 12.8. The van der Waals surface area contributed by atoms with Gasteiger partial charge in [0.05, 0.1) is 10.9 Å². The molecule has 0 aliphatic rings. The molecule has 0 saturated heterocycles. The summed E-state index contributed by atoms with van der Waals surface area (Å²) in [4.78, 5) is 15.4. The molecular weight excluding hydrogens is 409 g/mol. The summed E-state index contributed by atoms with van der Waals surface area (Å²) in [5, 5.41) is 9.64. The molecule has 0 aliphatic heterocycles. The fraction of sp³-hybridized carbons (Fsp3) is 0.200. The van der Waals surface area contributed by atoms with E-state index < -0.39 is 11.7 Å². The summed E-state index contributed by atoms with van der Waals surface area (Å²) in [5.74, 6) is 0.0497. The maximum absolute atomic E-state index is 11.4. The van der Waals surface area contributed by atoms with Gasteiger partial charge in [0.1, 0.15) is 6.10 Å². The Morgan fingerprint density at radius 2 is 2.07 bits per heavy atom. The van der Waals surface area contributed by atoms with Crippen molar-refractivity contribution < 1.29 is 53.6 Å². The summed E-state index contributed by atoms with van der Waals surface area (Å²) in [5.41, 5.74) is 0.0751. The molecule has 1 heterocycles.